The third kappa shape index (κ3) is 6.11. The number of nitrogens with two attached hydrogens (primary N) is 2. The third-order valence-corrected chi connectivity index (χ3v) is 7.61. The first-order chi connectivity index (χ1) is 21.6. The summed E-state index contributed by atoms with van der Waals surface area (Å²) in [5.41, 5.74) is 14.9. The standard InChI is InChI=1S/C31H30N8O6/c1-17-19(14-34-26-24(17)25(32)36-31(33)37-26)15-38(16-40)20-11-9-18(10-12-20)27(41)35-23(30(44)45-2)8-5-13-39-28(42)21-6-3-4-7-22(21)29(39)43/h3-4,6-7,9-12,14,16,23H,5,8,13,15H2,1-2H3,(H,35,41)(H4,32,33,34,36,37)/t23-/m0/s1. The number of anilines is 3. The highest BCUT2D eigenvalue weighted by molar-refractivity contribution is 6.21. The Morgan fingerprint density at radius 3 is 2.33 bits per heavy atom. The molecule has 14 nitrogen and oxygen atoms in total. The zero-order valence-corrected chi connectivity index (χ0v) is 24.5. The number of ether oxygens (including phenoxy) is 1. The lowest BCUT2D eigenvalue weighted by Crippen LogP contribution is -2.42. The number of fused-ring (bicyclic) bond motifs is 2. The fraction of sp³-hybridized carbons (Fsp3) is 0.226. The lowest BCUT2D eigenvalue weighted by Gasteiger charge is -2.20. The molecule has 1 aliphatic rings. The molecule has 230 valence electrons. The van der Waals surface area contributed by atoms with Crippen LogP contribution in [0.25, 0.3) is 11.0 Å². The van der Waals surface area contributed by atoms with Gasteiger partial charge in [0.2, 0.25) is 12.4 Å². The van der Waals surface area contributed by atoms with Crippen molar-refractivity contribution in [3.63, 3.8) is 0 Å². The predicted molar refractivity (Wildman–Crippen MR) is 164 cm³/mol. The maximum absolute atomic E-state index is 13.1. The van der Waals surface area contributed by atoms with Crippen molar-refractivity contribution >= 4 is 58.6 Å². The molecule has 0 radical (unpaired) electrons. The molecule has 1 atom stereocenters. The molecule has 5 rings (SSSR count). The molecule has 0 aliphatic carbocycles. The second-order valence-corrected chi connectivity index (χ2v) is 10.4. The van der Waals surface area contributed by atoms with E-state index in [1.807, 2.05) is 6.92 Å². The first kappa shape index (κ1) is 30.5. The van der Waals surface area contributed by atoms with Gasteiger partial charge in [-0.25, -0.2) is 9.78 Å². The molecule has 2 aromatic heterocycles. The third-order valence-electron chi connectivity index (χ3n) is 7.61. The Morgan fingerprint density at radius 2 is 1.71 bits per heavy atom. The van der Waals surface area contributed by atoms with E-state index < -0.39 is 29.7 Å². The number of pyridine rings is 1. The van der Waals surface area contributed by atoms with E-state index in [4.69, 9.17) is 16.2 Å². The molecule has 0 saturated heterocycles. The van der Waals surface area contributed by atoms with E-state index in [1.54, 1.807) is 42.6 Å². The average molecular weight is 611 g/mol. The Balaban J connectivity index is 1.23. The number of rotatable bonds is 11. The molecule has 4 amide bonds. The smallest absolute Gasteiger partial charge is 0.328 e. The first-order valence-corrected chi connectivity index (χ1v) is 14.0. The van der Waals surface area contributed by atoms with Crippen LogP contribution in [0.15, 0.2) is 54.7 Å². The summed E-state index contributed by atoms with van der Waals surface area (Å²) in [6.07, 6.45) is 2.63. The lowest BCUT2D eigenvalue weighted by molar-refractivity contribution is -0.143. The minimum atomic E-state index is -1.01. The molecular weight excluding hydrogens is 580 g/mol. The van der Waals surface area contributed by atoms with Crippen molar-refractivity contribution in [1.29, 1.82) is 0 Å². The number of hydrogen-bond donors (Lipinski definition) is 3. The predicted octanol–water partition coefficient (Wildman–Crippen LogP) is 2.01. The zero-order valence-electron chi connectivity index (χ0n) is 24.5. The van der Waals surface area contributed by atoms with Gasteiger partial charge in [0, 0.05) is 24.0 Å². The van der Waals surface area contributed by atoms with Crippen molar-refractivity contribution in [3.05, 3.63) is 82.5 Å². The summed E-state index contributed by atoms with van der Waals surface area (Å²) in [7, 11) is 1.21. The fourth-order valence-corrected chi connectivity index (χ4v) is 5.20. The molecule has 2 aromatic carbocycles. The Hall–Kier alpha value is -5.92. The van der Waals surface area contributed by atoms with Gasteiger partial charge in [-0.15, -0.1) is 0 Å². The zero-order chi connectivity index (χ0) is 32.2. The number of hydrogen-bond acceptors (Lipinski definition) is 11. The molecule has 3 heterocycles. The van der Waals surface area contributed by atoms with E-state index in [0.717, 1.165) is 10.5 Å². The molecular formula is C31H30N8O6. The lowest BCUT2D eigenvalue weighted by atomic mass is 10.1. The van der Waals surface area contributed by atoms with Crippen LogP contribution in [0, 0.1) is 6.92 Å². The number of amides is 4. The summed E-state index contributed by atoms with van der Waals surface area (Å²) >= 11 is 0. The van der Waals surface area contributed by atoms with E-state index >= 15 is 0 Å². The Morgan fingerprint density at radius 1 is 1.04 bits per heavy atom. The quantitative estimate of drug-likeness (QED) is 0.127. The monoisotopic (exact) mass is 610 g/mol. The maximum Gasteiger partial charge on any atom is 0.328 e. The molecule has 0 unspecified atom stereocenters. The van der Waals surface area contributed by atoms with Crippen molar-refractivity contribution in [2.45, 2.75) is 32.4 Å². The molecule has 1 aliphatic heterocycles. The molecule has 45 heavy (non-hydrogen) atoms. The van der Waals surface area contributed by atoms with Crippen LogP contribution in [-0.4, -0.2) is 69.6 Å². The summed E-state index contributed by atoms with van der Waals surface area (Å²) < 4.78 is 4.86. The van der Waals surface area contributed by atoms with E-state index in [9.17, 15) is 24.0 Å². The number of imide groups is 1. The minimum absolute atomic E-state index is 0.0117. The van der Waals surface area contributed by atoms with Gasteiger partial charge in [0.25, 0.3) is 17.7 Å². The maximum atomic E-state index is 13.1. The van der Waals surface area contributed by atoms with Crippen LogP contribution in [0.1, 0.15) is 55.0 Å². The summed E-state index contributed by atoms with van der Waals surface area (Å²) in [4.78, 5) is 77.8. The largest absolute Gasteiger partial charge is 0.467 e. The normalized spacial score (nSPS) is 13.0. The molecule has 4 aromatic rings. The van der Waals surface area contributed by atoms with Gasteiger partial charge in [-0.2, -0.15) is 9.97 Å². The van der Waals surface area contributed by atoms with Crippen molar-refractivity contribution in [3.8, 4) is 0 Å². The second kappa shape index (κ2) is 12.8. The molecule has 14 heteroatoms. The second-order valence-electron chi connectivity index (χ2n) is 10.4. The van der Waals surface area contributed by atoms with Crippen LogP contribution >= 0.6 is 0 Å². The van der Waals surface area contributed by atoms with Gasteiger partial charge < -0.3 is 26.4 Å². The molecule has 0 bridgehead atoms. The van der Waals surface area contributed by atoms with E-state index in [-0.39, 0.29) is 43.3 Å². The number of esters is 1. The van der Waals surface area contributed by atoms with Crippen molar-refractivity contribution in [2.24, 2.45) is 0 Å². The van der Waals surface area contributed by atoms with Gasteiger partial charge in [-0.3, -0.25) is 24.1 Å². The number of carbonyl (C=O) groups excluding carboxylic acids is 5. The van der Waals surface area contributed by atoms with Crippen molar-refractivity contribution in [1.82, 2.24) is 25.2 Å². The van der Waals surface area contributed by atoms with Crippen molar-refractivity contribution in [2.75, 3.05) is 30.0 Å². The highest BCUT2D eigenvalue weighted by Gasteiger charge is 2.35. The number of aromatic nitrogens is 3. The number of aryl methyl sites for hydroxylation is 1. The summed E-state index contributed by atoms with van der Waals surface area (Å²) in [5, 5.41) is 3.20. The van der Waals surface area contributed by atoms with Gasteiger partial charge in [-0.1, -0.05) is 12.1 Å². The molecule has 0 fully saturated rings. The van der Waals surface area contributed by atoms with Gasteiger partial charge in [0.15, 0.2) is 5.65 Å². The summed E-state index contributed by atoms with van der Waals surface area (Å²) in [6.45, 7) is 2.06. The number of benzene rings is 2. The minimum Gasteiger partial charge on any atom is -0.467 e. The Labute approximate surface area is 257 Å². The van der Waals surface area contributed by atoms with Crippen LogP contribution in [0.5, 0.6) is 0 Å². The first-order valence-electron chi connectivity index (χ1n) is 14.0. The van der Waals surface area contributed by atoms with Gasteiger partial charge >= 0.3 is 5.97 Å². The van der Waals surface area contributed by atoms with E-state index in [2.05, 4.69) is 20.3 Å². The van der Waals surface area contributed by atoms with Crippen LogP contribution in [0.4, 0.5) is 17.5 Å². The van der Waals surface area contributed by atoms with Crippen LogP contribution in [0.3, 0.4) is 0 Å². The summed E-state index contributed by atoms with van der Waals surface area (Å²) in [5.74, 6) is -1.80. The Kier molecular flexibility index (Phi) is 8.65. The number of nitrogens with one attached hydrogen (secondary N) is 1. The molecule has 0 saturated carbocycles. The SMILES string of the molecule is COC(=O)[C@H](CCCN1C(=O)c2ccccc2C1=O)NC(=O)c1ccc(N(C=O)Cc2cnc3nc(N)nc(N)c3c2C)cc1. The van der Waals surface area contributed by atoms with Gasteiger partial charge in [-0.05, 0) is 67.3 Å². The highest BCUT2D eigenvalue weighted by Crippen LogP contribution is 2.26. The molecule has 0 spiro atoms. The van der Waals surface area contributed by atoms with Crippen molar-refractivity contribution < 1.29 is 28.7 Å². The highest BCUT2D eigenvalue weighted by atomic mass is 16.5. The fourth-order valence-electron chi connectivity index (χ4n) is 5.20. The average Bonchev–Trinajstić information content (AvgIpc) is 3.28. The van der Waals surface area contributed by atoms with E-state index in [1.165, 1.54) is 24.1 Å². The number of carbonyl (C=O) groups is 5. The van der Waals surface area contributed by atoms with Crippen LogP contribution in [0.2, 0.25) is 0 Å². The topological polar surface area (TPSA) is 204 Å². The van der Waals surface area contributed by atoms with Crippen LogP contribution in [-0.2, 0) is 20.9 Å². The molecule has 5 N–H and O–H groups in total. The Bertz CT molecular complexity index is 1790. The number of methoxy groups -OCH3 is 1. The van der Waals surface area contributed by atoms with E-state index in [0.29, 0.717) is 39.8 Å². The van der Waals surface area contributed by atoms with Gasteiger partial charge in [0.05, 0.1) is 30.2 Å². The summed E-state index contributed by atoms with van der Waals surface area (Å²) in [6, 6.07) is 11.8. The number of nitrogens with zero attached hydrogens (tertiary/aromatic N) is 5. The van der Waals surface area contributed by atoms with Gasteiger partial charge in [0.1, 0.15) is 11.9 Å². The number of nitrogen functional groups attached to an aromatic ring is 2. The van der Waals surface area contributed by atoms with Crippen LogP contribution < -0.4 is 21.7 Å².